The Labute approximate surface area is 167 Å². The number of phenolic OH excluding ortho intramolecular Hbond substituents is 1. The SMILES string of the molecule is COc1cc(C=Cc2ccc(O)cc2)cc(OC2OC(CO)C(O)C(O)C2O)c1. The molecule has 8 heteroatoms. The molecule has 156 valence electrons. The molecular formula is C21H24O8. The summed E-state index contributed by atoms with van der Waals surface area (Å²) in [5, 5.41) is 48.6. The molecule has 0 spiro atoms. The molecule has 0 radical (unpaired) electrons. The monoisotopic (exact) mass is 404 g/mol. The Morgan fingerprint density at radius 1 is 0.897 bits per heavy atom. The van der Waals surface area contributed by atoms with Gasteiger partial charge in [-0.2, -0.15) is 0 Å². The number of benzene rings is 2. The van der Waals surface area contributed by atoms with E-state index >= 15 is 0 Å². The summed E-state index contributed by atoms with van der Waals surface area (Å²) in [7, 11) is 1.50. The van der Waals surface area contributed by atoms with Crippen LogP contribution in [0, 0.1) is 0 Å². The van der Waals surface area contributed by atoms with Gasteiger partial charge in [0.25, 0.3) is 0 Å². The van der Waals surface area contributed by atoms with Crippen molar-refractivity contribution in [2.75, 3.05) is 13.7 Å². The summed E-state index contributed by atoms with van der Waals surface area (Å²) in [5.41, 5.74) is 1.61. The van der Waals surface area contributed by atoms with Crippen LogP contribution < -0.4 is 9.47 Å². The van der Waals surface area contributed by atoms with E-state index < -0.39 is 37.3 Å². The lowest BCUT2D eigenvalue weighted by atomic mass is 9.99. The minimum absolute atomic E-state index is 0.179. The zero-order valence-electron chi connectivity index (χ0n) is 15.8. The maximum absolute atomic E-state index is 10.1. The molecule has 1 aliphatic rings. The van der Waals surface area contributed by atoms with Gasteiger partial charge in [-0.05, 0) is 35.4 Å². The van der Waals surface area contributed by atoms with Gasteiger partial charge >= 0.3 is 0 Å². The highest BCUT2D eigenvalue weighted by Crippen LogP contribution is 2.29. The van der Waals surface area contributed by atoms with E-state index in [0.717, 1.165) is 11.1 Å². The van der Waals surface area contributed by atoms with Gasteiger partial charge in [-0.3, -0.25) is 0 Å². The first-order chi connectivity index (χ1) is 13.9. The summed E-state index contributed by atoms with van der Waals surface area (Å²) < 4.78 is 16.3. The molecule has 29 heavy (non-hydrogen) atoms. The van der Waals surface area contributed by atoms with E-state index in [1.54, 1.807) is 42.5 Å². The van der Waals surface area contributed by atoms with Crippen molar-refractivity contribution >= 4 is 12.2 Å². The van der Waals surface area contributed by atoms with Gasteiger partial charge in [0.15, 0.2) is 0 Å². The molecule has 8 nitrogen and oxygen atoms in total. The molecule has 5 N–H and O–H groups in total. The predicted octanol–water partition coefficient (Wildman–Crippen LogP) is 0.750. The molecule has 1 heterocycles. The Morgan fingerprint density at radius 3 is 2.21 bits per heavy atom. The van der Waals surface area contributed by atoms with Crippen molar-refractivity contribution in [1.29, 1.82) is 0 Å². The Morgan fingerprint density at radius 2 is 1.55 bits per heavy atom. The standard InChI is InChI=1S/C21H24O8/c1-27-15-8-13(3-2-12-4-6-14(23)7-5-12)9-16(10-15)28-21-20(26)19(25)18(24)17(11-22)29-21/h2-10,17-26H,11H2,1H3. The molecule has 0 bridgehead atoms. The van der Waals surface area contributed by atoms with Gasteiger partial charge in [-0.15, -0.1) is 0 Å². The molecule has 0 aromatic heterocycles. The molecule has 0 amide bonds. The fraction of sp³-hybridized carbons (Fsp3) is 0.333. The number of aromatic hydroxyl groups is 1. The van der Waals surface area contributed by atoms with Gasteiger partial charge in [0.05, 0.1) is 13.7 Å². The van der Waals surface area contributed by atoms with Crippen LogP contribution in [0.2, 0.25) is 0 Å². The number of hydrogen-bond donors (Lipinski definition) is 5. The first-order valence-corrected chi connectivity index (χ1v) is 9.04. The second kappa shape index (κ2) is 9.25. The lowest BCUT2D eigenvalue weighted by Crippen LogP contribution is -2.60. The molecule has 1 saturated heterocycles. The molecule has 5 unspecified atom stereocenters. The fourth-order valence-corrected chi connectivity index (χ4v) is 2.95. The Hall–Kier alpha value is -2.62. The molecule has 0 aliphatic carbocycles. The van der Waals surface area contributed by atoms with Gasteiger partial charge in [-0.25, -0.2) is 0 Å². The van der Waals surface area contributed by atoms with Gasteiger partial charge < -0.3 is 39.7 Å². The smallest absolute Gasteiger partial charge is 0.229 e. The largest absolute Gasteiger partial charge is 0.508 e. The van der Waals surface area contributed by atoms with E-state index in [1.807, 2.05) is 12.2 Å². The Kier molecular flexibility index (Phi) is 6.73. The van der Waals surface area contributed by atoms with E-state index in [9.17, 15) is 25.5 Å². The van der Waals surface area contributed by atoms with E-state index in [0.29, 0.717) is 11.5 Å². The predicted molar refractivity (Wildman–Crippen MR) is 104 cm³/mol. The van der Waals surface area contributed by atoms with Crippen LogP contribution in [0.15, 0.2) is 42.5 Å². The minimum atomic E-state index is -1.52. The van der Waals surface area contributed by atoms with Gasteiger partial charge in [0, 0.05) is 6.07 Å². The lowest BCUT2D eigenvalue weighted by molar-refractivity contribution is -0.277. The van der Waals surface area contributed by atoms with Crippen LogP contribution >= 0.6 is 0 Å². The second-order valence-electron chi connectivity index (χ2n) is 6.68. The summed E-state index contributed by atoms with van der Waals surface area (Å²) in [6.07, 6.45) is -3.17. The van der Waals surface area contributed by atoms with Crippen LogP contribution in [-0.2, 0) is 4.74 Å². The number of methoxy groups -OCH3 is 1. The van der Waals surface area contributed by atoms with Crippen LogP contribution in [0.4, 0.5) is 0 Å². The quantitative estimate of drug-likeness (QED) is 0.446. The molecule has 1 fully saturated rings. The van der Waals surface area contributed by atoms with Crippen molar-refractivity contribution < 1.29 is 39.7 Å². The fourth-order valence-electron chi connectivity index (χ4n) is 2.95. The third kappa shape index (κ3) is 5.06. The molecule has 2 aromatic carbocycles. The van der Waals surface area contributed by atoms with Crippen LogP contribution in [0.25, 0.3) is 12.2 Å². The van der Waals surface area contributed by atoms with Crippen LogP contribution in [0.1, 0.15) is 11.1 Å². The molecule has 5 atom stereocenters. The van der Waals surface area contributed by atoms with E-state index in [1.165, 1.54) is 7.11 Å². The van der Waals surface area contributed by atoms with Crippen molar-refractivity contribution in [2.45, 2.75) is 30.7 Å². The van der Waals surface area contributed by atoms with Crippen LogP contribution in [0.3, 0.4) is 0 Å². The minimum Gasteiger partial charge on any atom is -0.508 e. The van der Waals surface area contributed by atoms with Crippen molar-refractivity contribution in [3.63, 3.8) is 0 Å². The maximum atomic E-state index is 10.1. The average Bonchev–Trinajstić information content (AvgIpc) is 2.73. The number of phenols is 1. The summed E-state index contributed by atoms with van der Waals surface area (Å²) in [5.74, 6) is 0.982. The highest BCUT2D eigenvalue weighted by Gasteiger charge is 2.44. The van der Waals surface area contributed by atoms with Crippen molar-refractivity contribution in [1.82, 2.24) is 0 Å². The number of rotatable bonds is 6. The first kappa shape index (κ1) is 21.1. The topological polar surface area (TPSA) is 129 Å². The summed E-state index contributed by atoms with van der Waals surface area (Å²) >= 11 is 0. The van der Waals surface area contributed by atoms with Gasteiger partial charge in [0.1, 0.15) is 41.7 Å². The van der Waals surface area contributed by atoms with Crippen molar-refractivity contribution in [3.05, 3.63) is 53.6 Å². The number of ether oxygens (including phenoxy) is 3. The van der Waals surface area contributed by atoms with Gasteiger partial charge in [0.2, 0.25) is 6.29 Å². The zero-order valence-corrected chi connectivity index (χ0v) is 15.8. The van der Waals surface area contributed by atoms with E-state index in [2.05, 4.69) is 0 Å². The first-order valence-electron chi connectivity index (χ1n) is 9.04. The zero-order chi connectivity index (χ0) is 21.0. The number of aliphatic hydroxyl groups excluding tert-OH is 4. The van der Waals surface area contributed by atoms with Gasteiger partial charge in [-0.1, -0.05) is 24.3 Å². The van der Waals surface area contributed by atoms with Crippen LogP contribution in [-0.4, -0.2) is 70.0 Å². The molecule has 1 aliphatic heterocycles. The summed E-state index contributed by atoms with van der Waals surface area (Å²) in [4.78, 5) is 0. The maximum Gasteiger partial charge on any atom is 0.229 e. The second-order valence-corrected chi connectivity index (χ2v) is 6.68. The third-order valence-corrected chi connectivity index (χ3v) is 4.60. The Bertz CT molecular complexity index is 833. The summed E-state index contributed by atoms with van der Waals surface area (Å²) in [6, 6.07) is 11.7. The Balaban J connectivity index is 1.80. The molecule has 0 saturated carbocycles. The molecule has 2 aromatic rings. The summed E-state index contributed by atoms with van der Waals surface area (Å²) in [6.45, 7) is -0.538. The van der Waals surface area contributed by atoms with Crippen molar-refractivity contribution in [2.24, 2.45) is 0 Å². The highest BCUT2D eigenvalue weighted by atomic mass is 16.7. The third-order valence-electron chi connectivity index (χ3n) is 4.60. The number of hydrogen-bond acceptors (Lipinski definition) is 8. The lowest BCUT2D eigenvalue weighted by Gasteiger charge is -2.39. The number of aliphatic hydroxyl groups is 4. The van der Waals surface area contributed by atoms with E-state index in [4.69, 9.17) is 14.2 Å². The molecule has 3 rings (SSSR count). The normalized spacial score (nSPS) is 27.1. The average molecular weight is 404 g/mol. The van der Waals surface area contributed by atoms with Crippen LogP contribution in [0.5, 0.6) is 17.2 Å². The highest BCUT2D eigenvalue weighted by molar-refractivity contribution is 5.71. The van der Waals surface area contributed by atoms with E-state index in [-0.39, 0.29) is 5.75 Å². The molecular weight excluding hydrogens is 380 g/mol. The van der Waals surface area contributed by atoms with Crippen molar-refractivity contribution in [3.8, 4) is 17.2 Å².